The number of phosphoric ester groups is 1. The largest absolute Gasteiger partial charge is 0.540 e. The molecule has 22 nitrogen and oxygen atoms in total. The number of rotatable bonds is 20. The van der Waals surface area contributed by atoms with Gasteiger partial charge in [-0.05, 0) is 23.7 Å². The van der Waals surface area contributed by atoms with Gasteiger partial charge in [0.15, 0.2) is 17.6 Å². The van der Waals surface area contributed by atoms with Crippen molar-refractivity contribution in [2.24, 2.45) is 16.2 Å². The van der Waals surface area contributed by atoms with Gasteiger partial charge in [0.25, 0.3) is 13.9 Å². The molecular formula is C36H48Cl2N7O15PSi. The first-order valence-corrected chi connectivity index (χ1v) is 24.1. The second kappa shape index (κ2) is 21.8. The summed E-state index contributed by atoms with van der Waals surface area (Å²) in [6.45, 7) is 10.7. The van der Waals surface area contributed by atoms with Crippen LogP contribution in [0.5, 0.6) is 11.5 Å². The number of oxime groups is 1. The number of carbonyl (C=O) groups excluding carboxylic acids is 2. The molecule has 0 radical (unpaired) electrons. The van der Waals surface area contributed by atoms with Gasteiger partial charge in [-0.2, -0.15) is 5.26 Å². The van der Waals surface area contributed by atoms with Crippen molar-refractivity contribution in [1.82, 2.24) is 9.55 Å². The topological polar surface area (TPSA) is 283 Å². The van der Waals surface area contributed by atoms with Crippen molar-refractivity contribution in [2.75, 3.05) is 26.9 Å². The minimum atomic E-state index is -4.60. The van der Waals surface area contributed by atoms with E-state index in [0.717, 1.165) is 24.6 Å². The maximum Gasteiger partial charge on any atom is 0.474 e. The number of azide groups is 1. The fraction of sp³-hybridized carbons (Fsp3) is 0.611. The number of aromatic amines is 1. The van der Waals surface area contributed by atoms with E-state index in [9.17, 15) is 23.7 Å². The molecule has 0 amide bonds. The summed E-state index contributed by atoms with van der Waals surface area (Å²) in [7, 11) is -5.59. The molecule has 2 aromatic rings. The fourth-order valence-corrected chi connectivity index (χ4v) is 8.56. The van der Waals surface area contributed by atoms with Gasteiger partial charge in [0.1, 0.15) is 12.3 Å². The Morgan fingerprint density at radius 1 is 1.13 bits per heavy atom. The van der Waals surface area contributed by atoms with E-state index in [0.29, 0.717) is 5.75 Å². The molecule has 0 aliphatic carbocycles. The van der Waals surface area contributed by atoms with Gasteiger partial charge in [0.05, 0.1) is 68.1 Å². The summed E-state index contributed by atoms with van der Waals surface area (Å²) in [6.07, 6.45) is -3.72. The van der Waals surface area contributed by atoms with E-state index in [-0.39, 0.29) is 64.4 Å². The quantitative estimate of drug-likeness (QED) is 0.0167. The number of halogens is 2. The average molecular weight is 949 g/mol. The molecule has 0 bridgehead atoms. The second-order valence-electron chi connectivity index (χ2n) is 15.4. The van der Waals surface area contributed by atoms with Gasteiger partial charge >= 0.3 is 25.5 Å². The number of hydrogen-bond acceptors (Lipinski definition) is 18. The summed E-state index contributed by atoms with van der Waals surface area (Å²) >= 11 is 13.5. The molecular weight excluding hydrogens is 900 g/mol. The van der Waals surface area contributed by atoms with Crippen molar-refractivity contribution in [1.29, 1.82) is 5.26 Å². The molecule has 3 heterocycles. The number of hydrogen-bond donors (Lipinski definition) is 1. The van der Waals surface area contributed by atoms with Gasteiger partial charge in [0, 0.05) is 55.0 Å². The molecule has 26 heteroatoms. The third-order valence-electron chi connectivity index (χ3n) is 9.83. The normalized spacial score (nSPS) is 22.3. The van der Waals surface area contributed by atoms with Crippen LogP contribution >= 0.6 is 31.0 Å². The summed E-state index contributed by atoms with van der Waals surface area (Å²) in [5, 5.41) is 16.7. The summed E-state index contributed by atoms with van der Waals surface area (Å²) in [5.41, 5.74) is 7.31. The lowest BCUT2D eigenvalue weighted by Gasteiger charge is -2.37. The number of carbonyl (C=O) groups is 2. The van der Waals surface area contributed by atoms with E-state index < -0.39 is 89.5 Å². The number of benzene rings is 1. The molecule has 7 atom stereocenters. The van der Waals surface area contributed by atoms with E-state index in [1.807, 2.05) is 19.2 Å². The standard InChI is InChI=1S/C36H48Cl2N7O15PSi/c1-20(46)55-30-12-22(34(58-30)56-21(2)47)18-53-61(50,52-11-9-10-39)54-19-28-26(14-29(57-28)45-17-23(15-41-44-40)33(48)43-35(45)49)59-42-16-24-25(37)13-27(51-6)32(31(24)38)60-62(7,8)36(3,4)5/h13,16-17,22,26,28-30,34H,9,11-12,14-15,18-19H2,1-8H3,(H,43,48,49)/b42-16+/t22?,26?,28-,29-,30-,34+,61?/m1/s1. The monoisotopic (exact) mass is 947 g/mol. The van der Waals surface area contributed by atoms with Crippen LogP contribution < -0.4 is 20.4 Å². The minimum absolute atomic E-state index is 0.0151. The third kappa shape index (κ3) is 13.3. The zero-order valence-electron chi connectivity index (χ0n) is 35.2. The Morgan fingerprint density at radius 3 is 2.45 bits per heavy atom. The lowest BCUT2D eigenvalue weighted by Crippen LogP contribution is -2.44. The van der Waals surface area contributed by atoms with Crippen LogP contribution in [0.15, 0.2) is 32.1 Å². The molecule has 2 saturated heterocycles. The van der Waals surface area contributed by atoms with E-state index >= 15 is 0 Å². The zero-order chi connectivity index (χ0) is 46.0. The number of H-pyrrole nitrogens is 1. The van der Waals surface area contributed by atoms with Crippen LogP contribution in [-0.4, -0.2) is 87.7 Å². The summed E-state index contributed by atoms with van der Waals surface area (Å²) in [4.78, 5) is 59.5. The molecule has 2 fully saturated rings. The molecule has 1 aromatic heterocycles. The Labute approximate surface area is 366 Å². The van der Waals surface area contributed by atoms with Crippen LogP contribution in [0, 0.1) is 17.2 Å². The van der Waals surface area contributed by atoms with Crippen molar-refractivity contribution >= 4 is 57.5 Å². The number of nitrogens with one attached hydrogen (secondary N) is 1. The van der Waals surface area contributed by atoms with Crippen LogP contribution in [0.25, 0.3) is 10.4 Å². The van der Waals surface area contributed by atoms with Gasteiger partial charge in [0.2, 0.25) is 12.6 Å². The second-order valence-corrected chi connectivity index (χ2v) is 22.5. The van der Waals surface area contributed by atoms with Gasteiger partial charge in [-0.1, -0.05) is 54.2 Å². The van der Waals surface area contributed by atoms with Crippen molar-refractivity contribution in [2.45, 2.75) is 110 Å². The Morgan fingerprint density at radius 2 is 1.82 bits per heavy atom. The van der Waals surface area contributed by atoms with E-state index in [1.54, 1.807) is 0 Å². The smallest absolute Gasteiger partial charge is 0.474 e. The van der Waals surface area contributed by atoms with Crippen molar-refractivity contribution in [3.63, 3.8) is 0 Å². The van der Waals surface area contributed by atoms with Crippen LogP contribution in [0.4, 0.5) is 0 Å². The molecule has 62 heavy (non-hydrogen) atoms. The third-order valence-corrected chi connectivity index (χ3v) is 16.3. The first-order valence-electron chi connectivity index (χ1n) is 19.0. The molecule has 1 N–H and O–H groups in total. The molecule has 2 aliphatic heterocycles. The molecule has 0 saturated carbocycles. The van der Waals surface area contributed by atoms with Crippen LogP contribution in [0.3, 0.4) is 0 Å². The van der Waals surface area contributed by atoms with Crippen molar-refractivity contribution in [3.8, 4) is 17.6 Å². The Kier molecular flexibility index (Phi) is 17.6. The highest BCUT2D eigenvalue weighted by atomic mass is 35.5. The highest BCUT2D eigenvalue weighted by Crippen LogP contribution is 2.52. The number of esters is 2. The predicted molar refractivity (Wildman–Crippen MR) is 222 cm³/mol. The molecule has 1 aromatic carbocycles. The van der Waals surface area contributed by atoms with Crippen LogP contribution in [0.2, 0.25) is 28.2 Å². The number of nitrogens with zero attached hydrogens (tertiary/aromatic N) is 6. The number of nitriles is 1. The Bertz CT molecular complexity index is 2240. The highest BCUT2D eigenvalue weighted by molar-refractivity contribution is 7.48. The number of ether oxygens (including phenoxy) is 5. The lowest BCUT2D eigenvalue weighted by molar-refractivity contribution is -0.212. The average Bonchev–Trinajstić information content (AvgIpc) is 3.76. The minimum Gasteiger partial charge on any atom is -0.540 e. The van der Waals surface area contributed by atoms with Crippen molar-refractivity contribution < 1.29 is 60.7 Å². The summed E-state index contributed by atoms with van der Waals surface area (Å²) < 4.78 is 65.9. The molecule has 340 valence electrons. The van der Waals surface area contributed by atoms with Crippen LogP contribution in [0.1, 0.15) is 71.2 Å². The number of aromatic nitrogens is 2. The first kappa shape index (κ1) is 50.2. The predicted octanol–water partition coefficient (Wildman–Crippen LogP) is 6.64. The highest BCUT2D eigenvalue weighted by Gasteiger charge is 2.44. The summed E-state index contributed by atoms with van der Waals surface area (Å²) in [6, 6.07) is 3.38. The molecule has 4 rings (SSSR count). The number of methoxy groups -OCH3 is 1. The van der Waals surface area contributed by atoms with E-state index in [1.165, 1.54) is 19.4 Å². The lowest BCUT2D eigenvalue weighted by atomic mass is 10.1. The van der Waals surface area contributed by atoms with E-state index in [2.05, 4.69) is 40.9 Å². The maximum absolute atomic E-state index is 14.1. The summed E-state index contributed by atoms with van der Waals surface area (Å²) in [5.74, 6) is -1.62. The molecule has 3 unspecified atom stereocenters. The maximum atomic E-state index is 14.1. The SMILES string of the molecule is COc1cc(Cl)c(/C=N/OC2C[C@H](n3cc(CN=[N+]=[N-])c(=O)[nH]c3=O)O[C@@H]2COP(=O)(OCCC#N)OCC2C[C@H](OC(C)=O)O[C@@H]2OC(C)=O)c(Cl)c1O[Si](C)(C)C(C)(C)C. The van der Waals surface area contributed by atoms with Crippen LogP contribution in [-0.2, 0) is 58.1 Å². The van der Waals surface area contributed by atoms with Gasteiger partial charge in [-0.25, -0.2) is 9.36 Å². The van der Waals surface area contributed by atoms with Crippen molar-refractivity contribution in [3.05, 3.63) is 64.7 Å². The van der Waals surface area contributed by atoms with Gasteiger partial charge in [-0.3, -0.25) is 37.5 Å². The van der Waals surface area contributed by atoms with E-state index in [4.69, 9.17) is 80.5 Å². The first-order chi connectivity index (χ1) is 29.1. The Balaban J connectivity index is 1.65. The zero-order valence-corrected chi connectivity index (χ0v) is 38.6. The number of phosphoric acid groups is 1. The Hall–Kier alpha value is -4.46. The fourth-order valence-electron chi connectivity index (χ4n) is 5.66. The van der Waals surface area contributed by atoms with Gasteiger partial charge in [-0.15, -0.1) is 0 Å². The molecule has 0 spiro atoms. The molecule has 2 aliphatic rings. The van der Waals surface area contributed by atoms with Gasteiger partial charge < -0.3 is 32.9 Å².